The van der Waals surface area contributed by atoms with Crippen LogP contribution in [0.15, 0.2) is 82.4 Å². The highest BCUT2D eigenvalue weighted by atomic mass is 79.9. The van der Waals surface area contributed by atoms with Gasteiger partial charge in [-0.1, -0.05) is 30.3 Å². The van der Waals surface area contributed by atoms with Gasteiger partial charge >= 0.3 is 0 Å². The molecule has 7 heteroatoms. The fraction of sp³-hybridized carbons (Fsp3) is 0.143. The first-order valence-corrected chi connectivity index (χ1v) is 11.0. The van der Waals surface area contributed by atoms with Gasteiger partial charge in [0.05, 0.1) is 0 Å². The predicted octanol–water partition coefficient (Wildman–Crippen LogP) is 4.39. The lowest BCUT2D eigenvalue weighted by Gasteiger charge is -2.10. The number of aryl methyl sites for hydroxylation is 1. The summed E-state index contributed by atoms with van der Waals surface area (Å²) in [7, 11) is -3.69. The lowest BCUT2D eigenvalue weighted by Crippen LogP contribution is -2.13. The summed E-state index contributed by atoms with van der Waals surface area (Å²) in [5.74, 6) is 0.130. The van der Waals surface area contributed by atoms with E-state index in [1.807, 2.05) is 12.1 Å². The summed E-state index contributed by atoms with van der Waals surface area (Å²) in [6.45, 7) is 0. The second kappa shape index (κ2) is 9.12. The predicted molar refractivity (Wildman–Crippen MR) is 113 cm³/mol. The number of aromatic nitrogens is 1. The number of pyridine rings is 1. The highest BCUT2D eigenvalue weighted by molar-refractivity contribution is 9.10. The Labute approximate surface area is 173 Å². The molecular formula is C21H19BrN2O3S. The van der Waals surface area contributed by atoms with Gasteiger partial charge in [0.25, 0.3) is 10.0 Å². The third kappa shape index (κ3) is 5.50. The van der Waals surface area contributed by atoms with Gasteiger partial charge in [-0.2, -0.15) is 0 Å². The van der Waals surface area contributed by atoms with Gasteiger partial charge in [-0.3, -0.25) is 14.5 Å². The Morgan fingerprint density at radius 3 is 2.39 bits per heavy atom. The highest BCUT2D eigenvalue weighted by Gasteiger charge is 2.17. The molecule has 0 fully saturated rings. The minimum Gasteiger partial charge on any atom is -0.299 e. The molecule has 2 aromatic carbocycles. The second-order valence-corrected chi connectivity index (χ2v) is 8.81. The number of Topliss-reactive ketones (excluding diaryl/α,β-unsaturated/α-hetero) is 1. The Balaban J connectivity index is 1.59. The summed E-state index contributed by atoms with van der Waals surface area (Å²) in [4.78, 5) is 16.4. The maximum Gasteiger partial charge on any atom is 0.263 e. The smallest absolute Gasteiger partial charge is 0.263 e. The van der Waals surface area contributed by atoms with Gasteiger partial charge in [-0.25, -0.2) is 8.42 Å². The number of benzene rings is 2. The van der Waals surface area contributed by atoms with E-state index < -0.39 is 10.0 Å². The van der Waals surface area contributed by atoms with Gasteiger partial charge in [0.15, 0.2) is 0 Å². The van der Waals surface area contributed by atoms with Crippen LogP contribution in [-0.4, -0.2) is 19.2 Å². The topological polar surface area (TPSA) is 76.1 Å². The number of rotatable bonds is 8. The van der Waals surface area contributed by atoms with E-state index in [1.54, 1.807) is 54.9 Å². The van der Waals surface area contributed by atoms with Gasteiger partial charge in [-0.05, 0) is 63.8 Å². The Bertz CT molecular complexity index is 1050. The first kappa shape index (κ1) is 20.2. The number of anilines is 1. The van der Waals surface area contributed by atoms with Crippen LogP contribution in [-0.2, 0) is 27.7 Å². The molecule has 0 amide bonds. The fourth-order valence-electron chi connectivity index (χ4n) is 2.71. The van der Waals surface area contributed by atoms with Gasteiger partial charge < -0.3 is 0 Å². The summed E-state index contributed by atoms with van der Waals surface area (Å²) in [5.41, 5.74) is 2.33. The van der Waals surface area contributed by atoms with Crippen LogP contribution in [0.2, 0.25) is 0 Å². The van der Waals surface area contributed by atoms with E-state index in [0.717, 1.165) is 11.1 Å². The molecule has 0 spiro atoms. The van der Waals surface area contributed by atoms with E-state index in [-0.39, 0.29) is 10.7 Å². The largest absolute Gasteiger partial charge is 0.299 e. The molecule has 3 rings (SSSR count). The van der Waals surface area contributed by atoms with E-state index in [0.29, 0.717) is 29.4 Å². The molecule has 0 radical (unpaired) electrons. The maximum atomic E-state index is 12.5. The number of hydrogen-bond acceptors (Lipinski definition) is 4. The third-order valence-electron chi connectivity index (χ3n) is 4.15. The summed E-state index contributed by atoms with van der Waals surface area (Å²) in [6, 6.07) is 17.3. The van der Waals surface area contributed by atoms with Gasteiger partial charge in [-0.15, -0.1) is 0 Å². The van der Waals surface area contributed by atoms with Crippen molar-refractivity contribution in [1.29, 1.82) is 0 Å². The number of sulfonamides is 1. The summed E-state index contributed by atoms with van der Waals surface area (Å²) in [6.07, 6.45) is 4.90. The Morgan fingerprint density at radius 1 is 0.964 bits per heavy atom. The summed E-state index contributed by atoms with van der Waals surface area (Å²) in [5, 5.41) is 0. The SMILES string of the molecule is O=C(CCc1cccnc1)Cc1ccc(NS(=O)(=O)c2ccccc2Br)cc1. The highest BCUT2D eigenvalue weighted by Crippen LogP contribution is 2.24. The van der Waals surface area contributed by atoms with Crippen molar-refractivity contribution in [2.24, 2.45) is 0 Å². The van der Waals surface area contributed by atoms with Crippen LogP contribution in [0, 0.1) is 0 Å². The molecule has 1 N–H and O–H groups in total. The van der Waals surface area contributed by atoms with Crippen LogP contribution in [0.25, 0.3) is 0 Å². The third-order valence-corrected chi connectivity index (χ3v) is 6.54. The van der Waals surface area contributed by atoms with Crippen molar-refractivity contribution >= 4 is 37.4 Å². The van der Waals surface area contributed by atoms with Crippen LogP contribution < -0.4 is 4.72 Å². The van der Waals surface area contributed by atoms with E-state index >= 15 is 0 Å². The minimum atomic E-state index is -3.69. The Hall–Kier alpha value is -2.51. The van der Waals surface area contributed by atoms with Crippen LogP contribution in [0.4, 0.5) is 5.69 Å². The summed E-state index contributed by atoms with van der Waals surface area (Å²) >= 11 is 3.26. The Morgan fingerprint density at radius 2 is 1.71 bits per heavy atom. The number of carbonyl (C=O) groups is 1. The van der Waals surface area contributed by atoms with E-state index in [2.05, 4.69) is 25.6 Å². The number of nitrogens with one attached hydrogen (secondary N) is 1. The van der Waals surface area contributed by atoms with Crippen molar-refractivity contribution in [1.82, 2.24) is 4.98 Å². The van der Waals surface area contributed by atoms with Crippen LogP contribution >= 0.6 is 15.9 Å². The number of carbonyl (C=O) groups excluding carboxylic acids is 1. The molecule has 0 aliphatic rings. The second-order valence-electron chi connectivity index (χ2n) is 6.31. The minimum absolute atomic E-state index is 0.130. The molecular weight excluding hydrogens is 440 g/mol. The summed E-state index contributed by atoms with van der Waals surface area (Å²) < 4.78 is 28.1. The number of nitrogens with zero attached hydrogens (tertiary/aromatic N) is 1. The molecule has 3 aromatic rings. The zero-order valence-corrected chi connectivity index (χ0v) is 17.4. The van der Waals surface area contributed by atoms with Gasteiger partial charge in [0.1, 0.15) is 10.7 Å². The Kier molecular flexibility index (Phi) is 6.59. The van der Waals surface area contributed by atoms with Gasteiger partial charge in [0.2, 0.25) is 0 Å². The van der Waals surface area contributed by atoms with Crippen molar-refractivity contribution in [2.45, 2.75) is 24.2 Å². The van der Waals surface area contributed by atoms with E-state index in [4.69, 9.17) is 0 Å². The molecule has 0 aliphatic carbocycles. The molecule has 0 unspecified atom stereocenters. The number of ketones is 1. The normalized spacial score (nSPS) is 11.2. The molecule has 1 aromatic heterocycles. The quantitative estimate of drug-likeness (QED) is 0.542. The van der Waals surface area contributed by atoms with Crippen molar-refractivity contribution in [3.63, 3.8) is 0 Å². The first-order chi connectivity index (χ1) is 13.4. The molecule has 5 nitrogen and oxygen atoms in total. The lowest BCUT2D eigenvalue weighted by atomic mass is 10.0. The van der Waals surface area contributed by atoms with Crippen molar-refractivity contribution in [3.8, 4) is 0 Å². The molecule has 0 saturated heterocycles. The van der Waals surface area contributed by atoms with Crippen LogP contribution in [0.5, 0.6) is 0 Å². The van der Waals surface area contributed by atoms with Gasteiger partial charge in [0, 0.05) is 35.4 Å². The monoisotopic (exact) mass is 458 g/mol. The molecule has 144 valence electrons. The van der Waals surface area contributed by atoms with Crippen molar-refractivity contribution in [3.05, 3.63) is 88.7 Å². The number of halogens is 1. The van der Waals surface area contributed by atoms with Crippen molar-refractivity contribution < 1.29 is 13.2 Å². The number of hydrogen-bond donors (Lipinski definition) is 1. The zero-order chi connectivity index (χ0) is 20.0. The van der Waals surface area contributed by atoms with Crippen molar-refractivity contribution in [2.75, 3.05) is 4.72 Å². The first-order valence-electron chi connectivity index (χ1n) is 8.71. The molecule has 28 heavy (non-hydrogen) atoms. The average molecular weight is 459 g/mol. The molecule has 0 aliphatic heterocycles. The molecule has 0 atom stereocenters. The average Bonchev–Trinajstić information content (AvgIpc) is 2.69. The zero-order valence-electron chi connectivity index (χ0n) is 15.0. The molecule has 1 heterocycles. The van der Waals surface area contributed by atoms with E-state index in [1.165, 1.54) is 6.07 Å². The lowest BCUT2D eigenvalue weighted by molar-refractivity contribution is -0.118. The van der Waals surface area contributed by atoms with Crippen LogP contribution in [0.1, 0.15) is 17.5 Å². The van der Waals surface area contributed by atoms with E-state index in [9.17, 15) is 13.2 Å². The fourth-order valence-corrected chi connectivity index (χ4v) is 4.77. The molecule has 0 saturated carbocycles. The van der Waals surface area contributed by atoms with Crippen LogP contribution in [0.3, 0.4) is 0 Å². The maximum absolute atomic E-state index is 12.5. The standard InChI is InChI=1S/C21H19BrN2O3S/c22-20-5-1-2-6-21(20)28(26,27)24-18-10-7-16(8-11-18)14-19(25)12-9-17-4-3-13-23-15-17/h1-8,10-11,13,15,24H,9,12,14H2. The molecule has 0 bridgehead atoms.